The minimum absolute atomic E-state index is 0.135. The van der Waals surface area contributed by atoms with Gasteiger partial charge in [-0.3, -0.25) is 0 Å². The predicted octanol–water partition coefficient (Wildman–Crippen LogP) is 2.26. The highest BCUT2D eigenvalue weighted by Gasteiger charge is 2.24. The van der Waals surface area contributed by atoms with Gasteiger partial charge in [-0.15, -0.1) is 0 Å². The van der Waals surface area contributed by atoms with Crippen LogP contribution in [0.3, 0.4) is 0 Å². The van der Waals surface area contributed by atoms with Crippen LogP contribution in [-0.4, -0.2) is 20.5 Å². The van der Waals surface area contributed by atoms with Crippen LogP contribution in [0.4, 0.5) is 8.78 Å². The SMILES string of the molecule is COc1cc(C)c(C(F)F)nc1S(=O)(=O)Cl. The molecular weight excluding hydrogens is 264 g/mol. The molecule has 8 heteroatoms. The Balaban J connectivity index is 3.53. The Bertz CT molecular complexity index is 504. The molecule has 1 heterocycles. The molecule has 16 heavy (non-hydrogen) atoms. The third kappa shape index (κ3) is 2.59. The number of ether oxygens (including phenoxy) is 1. The van der Waals surface area contributed by atoms with Crippen molar-refractivity contribution < 1.29 is 21.9 Å². The summed E-state index contributed by atoms with van der Waals surface area (Å²) in [6.07, 6.45) is -2.87. The average molecular weight is 272 g/mol. The third-order valence-corrected chi connectivity index (χ3v) is 3.03. The molecule has 4 nitrogen and oxygen atoms in total. The van der Waals surface area contributed by atoms with E-state index in [0.29, 0.717) is 0 Å². The molecule has 90 valence electrons. The fourth-order valence-electron chi connectivity index (χ4n) is 1.13. The van der Waals surface area contributed by atoms with E-state index in [2.05, 4.69) is 4.98 Å². The molecule has 0 fully saturated rings. The van der Waals surface area contributed by atoms with Crippen molar-refractivity contribution in [2.45, 2.75) is 18.4 Å². The zero-order chi connectivity index (χ0) is 12.5. The molecule has 1 aromatic rings. The van der Waals surface area contributed by atoms with Crippen LogP contribution in [0.2, 0.25) is 0 Å². The van der Waals surface area contributed by atoms with E-state index in [1.54, 1.807) is 0 Å². The standard InChI is InChI=1S/C8H8ClF2NO3S/c1-4-3-5(15-2)8(16(9,13)14)12-6(4)7(10)11/h3,7H,1-2H3. The minimum Gasteiger partial charge on any atom is -0.494 e. The van der Waals surface area contributed by atoms with Gasteiger partial charge in [-0.2, -0.15) is 0 Å². The van der Waals surface area contributed by atoms with Gasteiger partial charge in [0.1, 0.15) is 5.69 Å². The molecule has 0 bridgehead atoms. The van der Waals surface area contributed by atoms with Crippen molar-refractivity contribution >= 4 is 19.7 Å². The minimum atomic E-state index is -4.22. The maximum Gasteiger partial charge on any atom is 0.282 e. The summed E-state index contributed by atoms with van der Waals surface area (Å²) in [4.78, 5) is 3.32. The van der Waals surface area contributed by atoms with Crippen LogP contribution < -0.4 is 4.74 Å². The summed E-state index contributed by atoms with van der Waals surface area (Å²) in [6, 6.07) is 1.16. The quantitative estimate of drug-likeness (QED) is 0.792. The summed E-state index contributed by atoms with van der Waals surface area (Å²) >= 11 is 0. The Morgan fingerprint density at radius 3 is 2.44 bits per heavy atom. The second-order valence-electron chi connectivity index (χ2n) is 2.94. The first kappa shape index (κ1) is 13.1. The van der Waals surface area contributed by atoms with Gasteiger partial charge in [0.25, 0.3) is 15.5 Å². The van der Waals surface area contributed by atoms with Crippen molar-refractivity contribution in [2.75, 3.05) is 7.11 Å². The number of hydrogen-bond donors (Lipinski definition) is 0. The van der Waals surface area contributed by atoms with E-state index in [9.17, 15) is 17.2 Å². The van der Waals surface area contributed by atoms with E-state index in [1.807, 2.05) is 0 Å². The van der Waals surface area contributed by atoms with Crippen molar-refractivity contribution in [3.8, 4) is 5.75 Å². The van der Waals surface area contributed by atoms with Gasteiger partial charge in [0, 0.05) is 10.7 Å². The molecule has 0 saturated carbocycles. The lowest BCUT2D eigenvalue weighted by Crippen LogP contribution is -2.05. The summed E-state index contributed by atoms with van der Waals surface area (Å²) in [5, 5.41) is -0.697. The maximum atomic E-state index is 12.5. The van der Waals surface area contributed by atoms with Crippen LogP contribution in [0.1, 0.15) is 17.7 Å². The fraction of sp³-hybridized carbons (Fsp3) is 0.375. The van der Waals surface area contributed by atoms with Crippen LogP contribution in [0.5, 0.6) is 5.75 Å². The molecule has 0 aliphatic heterocycles. The topological polar surface area (TPSA) is 56.3 Å². The highest BCUT2D eigenvalue weighted by atomic mass is 35.7. The predicted molar refractivity (Wildman–Crippen MR) is 53.5 cm³/mol. The summed E-state index contributed by atoms with van der Waals surface area (Å²) in [7, 11) is 2.04. The Morgan fingerprint density at radius 2 is 2.06 bits per heavy atom. The average Bonchev–Trinajstić information content (AvgIpc) is 2.14. The van der Waals surface area contributed by atoms with Gasteiger partial charge in [-0.25, -0.2) is 22.2 Å². The van der Waals surface area contributed by atoms with Crippen molar-refractivity contribution in [1.29, 1.82) is 0 Å². The number of methoxy groups -OCH3 is 1. The maximum absolute atomic E-state index is 12.5. The number of aryl methyl sites for hydroxylation is 1. The first-order valence-corrected chi connectivity index (χ1v) is 6.36. The zero-order valence-electron chi connectivity index (χ0n) is 8.37. The molecule has 0 aromatic carbocycles. The van der Waals surface area contributed by atoms with Crippen LogP contribution in [0.15, 0.2) is 11.1 Å². The normalized spacial score (nSPS) is 11.9. The van der Waals surface area contributed by atoms with Crippen molar-refractivity contribution in [1.82, 2.24) is 4.98 Å². The van der Waals surface area contributed by atoms with Gasteiger partial charge in [0.2, 0.25) is 5.03 Å². The highest BCUT2D eigenvalue weighted by Crippen LogP contribution is 2.30. The summed E-state index contributed by atoms with van der Waals surface area (Å²) in [5.74, 6) is -0.156. The van der Waals surface area contributed by atoms with E-state index in [0.717, 1.165) is 6.07 Å². The molecule has 0 amide bonds. The Labute approximate surface area is 95.6 Å². The molecular formula is C8H8ClF2NO3S. The molecule has 0 N–H and O–H groups in total. The first-order chi connectivity index (χ1) is 7.27. The van der Waals surface area contributed by atoms with Crippen molar-refractivity contribution in [3.63, 3.8) is 0 Å². The van der Waals surface area contributed by atoms with E-state index in [4.69, 9.17) is 15.4 Å². The first-order valence-electron chi connectivity index (χ1n) is 4.05. The number of nitrogens with zero attached hydrogens (tertiary/aromatic N) is 1. The second-order valence-corrected chi connectivity index (χ2v) is 5.42. The molecule has 0 radical (unpaired) electrons. The molecule has 0 atom stereocenters. The summed E-state index contributed by atoms with van der Waals surface area (Å²) in [6.45, 7) is 1.38. The van der Waals surface area contributed by atoms with Gasteiger partial charge >= 0.3 is 0 Å². The molecule has 0 unspecified atom stereocenters. The lowest BCUT2D eigenvalue weighted by Gasteiger charge is -2.09. The number of aromatic nitrogens is 1. The lowest BCUT2D eigenvalue weighted by atomic mass is 10.2. The van der Waals surface area contributed by atoms with E-state index < -0.39 is 26.2 Å². The van der Waals surface area contributed by atoms with Gasteiger partial charge in [0.15, 0.2) is 5.75 Å². The van der Waals surface area contributed by atoms with E-state index in [1.165, 1.54) is 14.0 Å². The number of rotatable bonds is 3. The van der Waals surface area contributed by atoms with Crippen LogP contribution in [0.25, 0.3) is 0 Å². The molecule has 1 aromatic heterocycles. The number of hydrogen-bond acceptors (Lipinski definition) is 4. The van der Waals surface area contributed by atoms with Crippen molar-refractivity contribution in [3.05, 3.63) is 17.3 Å². The van der Waals surface area contributed by atoms with Gasteiger partial charge < -0.3 is 4.74 Å². The van der Waals surface area contributed by atoms with E-state index in [-0.39, 0.29) is 11.3 Å². The largest absolute Gasteiger partial charge is 0.494 e. The molecule has 0 aliphatic rings. The number of alkyl halides is 2. The molecule has 0 aliphatic carbocycles. The monoisotopic (exact) mass is 271 g/mol. The van der Waals surface area contributed by atoms with Gasteiger partial charge in [0.05, 0.1) is 7.11 Å². The lowest BCUT2D eigenvalue weighted by molar-refractivity contribution is 0.144. The molecule has 0 spiro atoms. The smallest absolute Gasteiger partial charge is 0.282 e. The Kier molecular flexibility index (Phi) is 3.69. The highest BCUT2D eigenvalue weighted by molar-refractivity contribution is 8.13. The number of halogens is 3. The Hall–Kier alpha value is -0.950. The summed E-state index contributed by atoms with van der Waals surface area (Å²) < 4.78 is 51.9. The Morgan fingerprint density at radius 1 is 1.50 bits per heavy atom. The summed E-state index contributed by atoms with van der Waals surface area (Å²) in [5.41, 5.74) is -0.490. The molecule has 1 rings (SSSR count). The fourth-order valence-corrected chi connectivity index (χ4v) is 2.05. The van der Waals surface area contributed by atoms with Crippen LogP contribution >= 0.6 is 10.7 Å². The van der Waals surface area contributed by atoms with Gasteiger partial charge in [-0.05, 0) is 18.6 Å². The second kappa shape index (κ2) is 4.50. The van der Waals surface area contributed by atoms with Crippen LogP contribution in [0, 0.1) is 6.92 Å². The molecule has 0 saturated heterocycles. The van der Waals surface area contributed by atoms with E-state index >= 15 is 0 Å². The zero-order valence-corrected chi connectivity index (χ0v) is 9.94. The number of pyridine rings is 1. The third-order valence-electron chi connectivity index (χ3n) is 1.84. The van der Waals surface area contributed by atoms with Crippen molar-refractivity contribution in [2.24, 2.45) is 0 Å². The van der Waals surface area contributed by atoms with Crippen LogP contribution in [-0.2, 0) is 9.05 Å². The van der Waals surface area contributed by atoms with Gasteiger partial charge in [-0.1, -0.05) is 0 Å².